The highest BCUT2D eigenvalue weighted by Gasteiger charge is 2.66. The monoisotopic (exact) mass is 539 g/mol. The zero-order valence-electron chi connectivity index (χ0n) is 23.2. The molecular weight excluding hydrogens is 502 g/mol. The zero-order chi connectivity index (χ0) is 27.3. The molecule has 1 saturated carbocycles. The molecule has 2 amide bonds. The molecule has 2 atom stereocenters. The number of hydrogen-bond donors (Lipinski definition) is 0. The van der Waals surface area contributed by atoms with E-state index in [9.17, 15) is 9.59 Å². The first-order valence-electron chi connectivity index (χ1n) is 14.6. The highest BCUT2D eigenvalue weighted by molar-refractivity contribution is 6.00. The normalized spacial score (nSPS) is 24.8. The van der Waals surface area contributed by atoms with Crippen LogP contribution in [0.2, 0.25) is 0 Å². The van der Waals surface area contributed by atoms with Gasteiger partial charge in [0.1, 0.15) is 0 Å². The molecule has 3 fully saturated rings. The summed E-state index contributed by atoms with van der Waals surface area (Å²) in [5, 5.41) is 2.45. The number of carbonyl (C=O) groups excluding carboxylic acids is 2. The van der Waals surface area contributed by atoms with E-state index in [1.165, 1.54) is 22.0 Å². The molecule has 1 aromatic heterocycles. The number of rotatable bonds is 6. The Kier molecular flexibility index (Phi) is 6.38. The summed E-state index contributed by atoms with van der Waals surface area (Å²) >= 11 is 0. The van der Waals surface area contributed by atoms with Gasteiger partial charge in [-0.15, -0.1) is 0 Å². The average Bonchev–Trinajstić information content (AvgIpc) is 3.46. The molecule has 208 valence electrons. The minimum absolute atomic E-state index is 0.145. The summed E-state index contributed by atoms with van der Waals surface area (Å²) in [6.07, 6.45) is 9.05. The van der Waals surface area contributed by atoms with Gasteiger partial charge in [-0.05, 0) is 41.5 Å². The third-order valence-electron chi connectivity index (χ3n) is 9.56. The summed E-state index contributed by atoms with van der Waals surface area (Å²) in [5.74, 6) is 0.850. The lowest BCUT2D eigenvalue weighted by Crippen LogP contribution is -2.43. The smallest absolute Gasteiger partial charge is 0.252 e. The first-order chi connectivity index (χ1) is 19.5. The Morgan fingerprint density at radius 2 is 1.77 bits per heavy atom. The number of hydrogen-bond acceptors (Lipinski definition) is 5. The van der Waals surface area contributed by atoms with Crippen LogP contribution in [-0.4, -0.2) is 81.5 Å². The van der Waals surface area contributed by atoms with Crippen LogP contribution in [0.15, 0.2) is 66.8 Å². The lowest BCUT2D eigenvalue weighted by molar-refractivity contribution is -0.131. The fourth-order valence-electron chi connectivity index (χ4n) is 7.23. The number of benzene rings is 2. The van der Waals surface area contributed by atoms with Gasteiger partial charge in [0, 0.05) is 63.7 Å². The van der Waals surface area contributed by atoms with E-state index < -0.39 is 0 Å². The van der Waals surface area contributed by atoms with Crippen molar-refractivity contribution in [3.05, 3.63) is 78.0 Å². The Labute approximate surface area is 235 Å². The molecule has 2 aromatic carbocycles. The molecule has 3 aliphatic heterocycles. The van der Waals surface area contributed by atoms with E-state index in [4.69, 9.17) is 4.74 Å². The Morgan fingerprint density at radius 1 is 1.00 bits per heavy atom. The van der Waals surface area contributed by atoms with Crippen LogP contribution >= 0.6 is 0 Å². The first-order valence-corrected chi connectivity index (χ1v) is 14.6. The Balaban J connectivity index is 1.16. The zero-order valence-corrected chi connectivity index (χ0v) is 23.2. The van der Waals surface area contributed by atoms with E-state index in [-0.39, 0.29) is 23.3 Å². The number of fused-ring (bicyclic) bond motifs is 2. The SMILES string of the molecule is CC(=O)N1CCC(Cn2cncc2CN2C=C(C(=O)N3CCOCC3)C3(c4cccc5ccccc45)CC23)CC1. The number of morpholine rings is 1. The molecule has 8 nitrogen and oxygen atoms in total. The average molecular weight is 540 g/mol. The fraction of sp³-hybridized carbons (Fsp3) is 0.469. The van der Waals surface area contributed by atoms with Crippen molar-refractivity contribution in [1.29, 1.82) is 0 Å². The number of nitrogens with zero attached hydrogens (tertiary/aromatic N) is 5. The van der Waals surface area contributed by atoms with Gasteiger partial charge >= 0.3 is 0 Å². The van der Waals surface area contributed by atoms with Crippen LogP contribution in [0.3, 0.4) is 0 Å². The molecule has 0 spiro atoms. The van der Waals surface area contributed by atoms with E-state index in [1.807, 2.05) is 22.3 Å². The van der Waals surface area contributed by atoms with Gasteiger partial charge in [-0.1, -0.05) is 42.5 Å². The molecule has 3 aromatic rings. The van der Waals surface area contributed by atoms with Crippen LogP contribution in [0.4, 0.5) is 0 Å². The number of aromatic nitrogens is 2. The lowest BCUT2D eigenvalue weighted by atomic mass is 9.84. The summed E-state index contributed by atoms with van der Waals surface area (Å²) in [7, 11) is 0. The number of amides is 2. The van der Waals surface area contributed by atoms with E-state index in [0.717, 1.165) is 51.0 Å². The van der Waals surface area contributed by atoms with Gasteiger partial charge in [-0.25, -0.2) is 4.98 Å². The van der Waals surface area contributed by atoms with Crippen molar-refractivity contribution in [2.45, 2.75) is 50.7 Å². The number of piperidine rings is 1. The van der Waals surface area contributed by atoms with Crippen molar-refractivity contribution in [3.63, 3.8) is 0 Å². The highest BCUT2D eigenvalue weighted by atomic mass is 16.5. The lowest BCUT2D eigenvalue weighted by Gasteiger charge is -2.31. The second-order valence-corrected chi connectivity index (χ2v) is 11.8. The molecule has 4 aliphatic rings. The maximum Gasteiger partial charge on any atom is 0.252 e. The maximum atomic E-state index is 14.0. The molecular formula is C32H37N5O3. The van der Waals surface area contributed by atoms with E-state index in [2.05, 4.69) is 63.1 Å². The predicted molar refractivity (Wildman–Crippen MR) is 152 cm³/mol. The van der Waals surface area contributed by atoms with Gasteiger partial charge < -0.3 is 24.0 Å². The van der Waals surface area contributed by atoms with Crippen molar-refractivity contribution in [2.24, 2.45) is 5.92 Å². The Hall–Kier alpha value is -3.65. The van der Waals surface area contributed by atoms with Crippen molar-refractivity contribution in [2.75, 3.05) is 39.4 Å². The number of ether oxygens (including phenoxy) is 1. The van der Waals surface area contributed by atoms with Gasteiger partial charge in [-0.3, -0.25) is 9.59 Å². The van der Waals surface area contributed by atoms with E-state index in [1.54, 1.807) is 6.92 Å². The second kappa shape index (κ2) is 10.1. The summed E-state index contributed by atoms with van der Waals surface area (Å²) in [4.78, 5) is 36.6. The standard InChI is InChI=1S/C32H37N5O3/c1-23(38)34-11-9-24(10-12-34)19-37-22-33-18-26(37)20-36-21-29(31(39)35-13-15-40-16-14-35)32(17-30(32)36)28-8-4-6-25-5-2-3-7-27(25)28/h2-8,18,21-22,24,30H,9-17,19-20H2,1H3. The topological polar surface area (TPSA) is 70.9 Å². The second-order valence-electron chi connectivity index (χ2n) is 11.8. The van der Waals surface area contributed by atoms with Crippen molar-refractivity contribution >= 4 is 22.6 Å². The van der Waals surface area contributed by atoms with E-state index in [0.29, 0.717) is 32.2 Å². The summed E-state index contributed by atoms with van der Waals surface area (Å²) in [6, 6.07) is 15.3. The first kappa shape index (κ1) is 25.3. The molecule has 8 heteroatoms. The van der Waals surface area contributed by atoms with Crippen LogP contribution < -0.4 is 0 Å². The molecule has 0 N–H and O–H groups in total. The highest BCUT2D eigenvalue weighted by Crippen LogP contribution is 2.62. The maximum absolute atomic E-state index is 14.0. The van der Waals surface area contributed by atoms with Crippen LogP contribution in [0.1, 0.15) is 37.4 Å². The predicted octanol–water partition coefficient (Wildman–Crippen LogP) is 3.56. The third-order valence-corrected chi connectivity index (χ3v) is 9.56. The summed E-state index contributed by atoms with van der Waals surface area (Å²) in [6.45, 7) is 7.44. The number of carbonyl (C=O) groups is 2. The van der Waals surface area contributed by atoms with Crippen LogP contribution in [-0.2, 0) is 32.8 Å². The third kappa shape index (κ3) is 4.29. The van der Waals surface area contributed by atoms with Crippen LogP contribution in [0.25, 0.3) is 10.8 Å². The fourth-order valence-corrected chi connectivity index (χ4v) is 7.23. The molecule has 0 bridgehead atoms. The quantitative estimate of drug-likeness (QED) is 0.479. The minimum Gasteiger partial charge on any atom is -0.378 e. The van der Waals surface area contributed by atoms with Gasteiger partial charge in [0.15, 0.2) is 0 Å². The van der Waals surface area contributed by atoms with Gasteiger partial charge in [0.05, 0.1) is 37.2 Å². The van der Waals surface area contributed by atoms with Gasteiger partial charge in [0.2, 0.25) is 5.91 Å². The Morgan fingerprint density at radius 3 is 2.58 bits per heavy atom. The molecule has 1 aliphatic carbocycles. The molecule has 40 heavy (non-hydrogen) atoms. The van der Waals surface area contributed by atoms with Crippen LogP contribution in [0.5, 0.6) is 0 Å². The molecule has 7 rings (SSSR count). The van der Waals surface area contributed by atoms with Gasteiger partial charge in [-0.2, -0.15) is 0 Å². The van der Waals surface area contributed by atoms with Crippen molar-refractivity contribution in [3.8, 4) is 0 Å². The molecule has 4 heterocycles. The van der Waals surface area contributed by atoms with Gasteiger partial charge in [0.25, 0.3) is 5.91 Å². The molecule has 0 radical (unpaired) electrons. The van der Waals surface area contributed by atoms with Crippen LogP contribution in [0, 0.1) is 5.92 Å². The van der Waals surface area contributed by atoms with Crippen molar-refractivity contribution < 1.29 is 14.3 Å². The van der Waals surface area contributed by atoms with Crippen molar-refractivity contribution in [1.82, 2.24) is 24.3 Å². The number of imidazole rings is 1. The largest absolute Gasteiger partial charge is 0.378 e. The molecule has 2 saturated heterocycles. The molecule has 2 unspecified atom stereocenters. The Bertz CT molecular complexity index is 1460. The minimum atomic E-state index is -0.291. The van der Waals surface area contributed by atoms with E-state index >= 15 is 0 Å². The summed E-state index contributed by atoms with van der Waals surface area (Å²) in [5.41, 5.74) is 3.06. The number of likely N-dealkylation sites (tertiary alicyclic amines) is 1. The summed E-state index contributed by atoms with van der Waals surface area (Å²) < 4.78 is 7.83.